The van der Waals surface area contributed by atoms with Gasteiger partial charge in [0.1, 0.15) is 0 Å². The molecule has 1 unspecified atom stereocenters. The zero-order valence-electron chi connectivity index (χ0n) is 27.8. The summed E-state index contributed by atoms with van der Waals surface area (Å²) in [5.74, 6) is 2.07. The van der Waals surface area contributed by atoms with Crippen LogP contribution in [0.15, 0.2) is 84.9 Å². The quantitative estimate of drug-likeness (QED) is 0.125. The molecule has 44 heavy (non-hydrogen) atoms. The molecular weight excluding hydrogens is 671 g/mol. The molecule has 1 saturated carbocycles. The minimum absolute atomic E-state index is 0.622. The predicted octanol–water partition coefficient (Wildman–Crippen LogP) is 13.9. The van der Waals surface area contributed by atoms with E-state index in [1.54, 1.807) is 0 Å². The van der Waals surface area contributed by atoms with E-state index < -0.39 is 20.8 Å². The molecule has 6 rings (SSSR count). The SMILES string of the molecule is CCC(C)c1cccc2[cH-]c(C(C)C)cc12.C[Si]C.Cc1cc2c(-c3ccc(C4CCCCC4)cc3)cccc2[cH-]1.[Cl][Zr+2][Cl]. The molecule has 0 bridgehead atoms. The van der Waals surface area contributed by atoms with Crippen LogP contribution in [0.5, 0.6) is 0 Å². The van der Waals surface area contributed by atoms with Gasteiger partial charge in [-0.05, 0) is 41.7 Å². The first-order chi connectivity index (χ1) is 21.3. The molecular formula is C40H50Cl2SiZr. The van der Waals surface area contributed by atoms with Gasteiger partial charge in [-0.2, -0.15) is 12.1 Å². The van der Waals surface area contributed by atoms with Gasteiger partial charge in [0.15, 0.2) is 0 Å². The number of halogens is 2. The van der Waals surface area contributed by atoms with Gasteiger partial charge in [0.05, 0.1) is 0 Å². The summed E-state index contributed by atoms with van der Waals surface area (Å²) in [5.41, 5.74) is 8.56. The summed E-state index contributed by atoms with van der Waals surface area (Å²) < 4.78 is 0. The summed E-state index contributed by atoms with van der Waals surface area (Å²) >= 11 is -0.826. The van der Waals surface area contributed by atoms with Crippen LogP contribution in [0, 0.1) is 6.92 Å². The normalized spacial score (nSPS) is 13.7. The molecule has 0 spiro atoms. The van der Waals surface area contributed by atoms with E-state index in [1.165, 1.54) is 93.5 Å². The molecule has 0 aromatic heterocycles. The molecule has 0 heterocycles. The number of fused-ring (bicyclic) bond motifs is 2. The van der Waals surface area contributed by atoms with Crippen molar-refractivity contribution in [2.45, 2.75) is 104 Å². The van der Waals surface area contributed by atoms with E-state index in [2.05, 4.69) is 133 Å². The molecule has 1 fully saturated rings. The third kappa shape index (κ3) is 10.3. The van der Waals surface area contributed by atoms with Crippen LogP contribution in [0.25, 0.3) is 32.7 Å². The first kappa shape index (κ1) is 37.0. The van der Waals surface area contributed by atoms with Crippen molar-refractivity contribution in [1.82, 2.24) is 0 Å². The molecule has 0 saturated heterocycles. The Hall–Kier alpha value is -1.44. The summed E-state index contributed by atoms with van der Waals surface area (Å²) in [6.45, 7) is 15.6. The third-order valence-corrected chi connectivity index (χ3v) is 8.81. The summed E-state index contributed by atoms with van der Waals surface area (Å²) in [6, 6.07) is 32.0. The van der Waals surface area contributed by atoms with Gasteiger partial charge >= 0.3 is 37.9 Å². The van der Waals surface area contributed by atoms with Crippen molar-refractivity contribution in [3.8, 4) is 11.1 Å². The summed E-state index contributed by atoms with van der Waals surface area (Å²) in [7, 11) is 11.0. The van der Waals surface area contributed by atoms with Gasteiger partial charge in [-0.3, -0.25) is 0 Å². The van der Waals surface area contributed by atoms with Gasteiger partial charge < -0.3 is 0 Å². The maximum atomic E-state index is 4.93. The van der Waals surface area contributed by atoms with Crippen molar-refractivity contribution in [2.24, 2.45) is 0 Å². The summed E-state index contributed by atoms with van der Waals surface area (Å²) in [5, 5.41) is 5.60. The van der Waals surface area contributed by atoms with Gasteiger partial charge in [-0.1, -0.05) is 121 Å². The average molecular weight is 721 g/mol. The number of benzene rings is 3. The molecule has 0 amide bonds. The van der Waals surface area contributed by atoms with Crippen molar-refractivity contribution >= 4 is 48.1 Å². The van der Waals surface area contributed by atoms with Crippen LogP contribution in [0.1, 0.15) is 106 Å². The molecule has 5 aromatic carbocycles. The van der Waals surface area contributed by atoms with E-state index >= 15 is 0 Å². The zero-order valence-corrected chi connectivity index (χ0v) is 32.8. The topological polar surface area (TPSA) is 0 Å². The van der Waals surface area contributed by atoms with Crippen LogP contribution in [-0.4, -0.2) is 9.52 Å². The van der Waals surface area contributed by atoms with E-state index in [1.807, 2.05) is 0 Å². The number of aryl methyl sites for hydroxylation is 1. The monoisotopic (exact) mass is 718 g/mol. The molecule has 2 radical (unpaired) electrons. The Labute approximate surface area is 289 Å². The van der Waals surface area contributed by atoms with Gasteiger partial charge in [0.2, 0.25) is 0 Å². The Bertz CT molecular complexity index is 1520. The first-order valence-electron chi connectivity index (χ1n) is 16.3. The fourth-order valence-electron chi connectivity index (χ4n) is 6.27. The predicted molar refractivity (Wildman–Crippen MR) is 197 cm³/mol. The van der Waals surface area contributed by atoms with Crippen LogP contribution in [-0.2, 0) is 20.8 Å². The number of hydrogen-bond acceptors (Lipinski definition) is 0. The summed E-state index contributed by atoms with van der Waals surface area (Å²) in [4.78, 5) is 0. The summed E-state index contributed by atoms with van der Waals surface area (Å²) in [6.07, 6.45) is 8.18. The Morgan fingerprint density at radius 2 is 1.41 bits per heavy atom. The molecule has 5 aromatic rings. The molecule has 0 aliphatic heterocycles. The van der Waals surface area contributed by atoms with E-state index in [9.17, 15) is 0 Å². The Kier molecular flexibility index (Phi) is 16.2. The molecule has 1 aliphatic rings. The van der Waals surface area contributed by atoms with Crippen LogP contribution in [0.4, 0.5) is 0 Å². The Morgan fingerprint density at radius 1 is 0.818 bits per heavy atom. The van der Waals surface area contributed by atoms with E-state index in [0.717, 1.165) is 15.4 Å². The van der Waals surface area contributed by atoms with Crippen molar-refractivity contribution in [3.63, 3.8) is 0 Å². The Morgan fingerprint density at radius 3 is 2.00 bits per heavy atom. The second-order valence-electron chi connectivity index (χ2n) is 12.5. The molecule has 0 N–H and O–H groups in total. The van der Waals surface area contributed by atoms with Gasteiger partial charge in [-0.15, -0.1) is 69.1 Å². The maximum absolute atomic E-state index is 4.93. The average Bonchev–Trinajstić information content (AvgIpc) is 3.65. The van der Waals surface area contributed by atoms with Gasteiger partial charge in [0, 0.05) is 9.52 Å². The molecule has 4 heteroatoms. The number of rotatable bonds is 5. The Balaban J connectivity index is 0.000000212. The van der Waals surface area contributed by atoms with Crippen molar-refractivity contribution in [2.75, 3.05) is 0 Å². The molecule has 1 aliphatic carbocycles. The van der Waals surface area contributed by atoms with Crippen LogP contribution in [0.3, 0.4) is 0 Å². The van der Waals surface area contributed by atoms with Crippen LogP contribution < -0.4 is 0 Å². The third-order valence-electron chi connectivity index (χ3n) is 8.81. The fourth-order valence-corrected chi connectivity index (χ4v) is 6.27. The van der Waals surface area contributed by atoms with Crippen LogP contribution >= 0.6 is 17.0 Å². The van der Waals surface area contributed by atoms with E-state index in [4.69, 9.17) is 17.0 Å². The van der Waals surface area contributed by atoms with Crippen LogP contribution in [0.2, 0.25) is 13.1 Å². The van der Waals surface area contributed by atoms with Crippen molar-refractivity contribution < 1.29 is 20.8 Å². The first-order valence-corrected chi connectivity index (χ1v) is 24.6. The fraction of sp³-hybridized carbons (Fsp3) is 0.400. The molecule has 0 nitrogen and oxygen atoms in total. The van der Waals surface area contributed by atoms with E-state index in [-0.39, 0.29) is 0 Å². The molecule has 232 valence electrons. The zero-order chi connectivity index (χ0) is 32.1. The second-order valence-corrected chi connectivity index (χ2v) is 17.2. The molecule has 1 atom stereocenters. The van der Waals surface area contributed by atoms with E-state index in [0.29, 0.717) is 11.8 Å². The van der Waals surface area contributed by atoms with Crippen molar-refractivity contribution in [1.29, 1.82) is 0 Å². The van der Waals surface area contributed by atoms with Gasteiger partial charge in [0.25, 0.3) is 0 Å². The minimum atomic E-state index is -0.826. The second kappa shape index (κ2) is 19.3. The van der Waals surface area contributed by atoms with Gasteiger partial charge in [-0.25, -0.2) is 0 Å². The van der Waals surface area contributed by atoms with Crippen molar-refractivity contribution in [3.05, 3.63) is 107 Å². The number of hydrogen-bond donors (Lipinski definition) is 0. The standard InChI is InChI=1S/C22H23.C16H21.C2H6Si.2ClH.Zr/c1-16-14-20-8-5-9-21(22(20)15-16)19-12-10-18(11-13-19)17-6-3-2-4-7-17;1-5-12(4)15-8-6-7-13-9-14(11(2)3)10-16(13)15;1-3-2;;;/h5,8-15,17H,2-4,6-7H2,1H3;6-12H,5H2,1-4H3;1-2H3;2*1H;/q2*-1;;;;+4/p-2.